The van der Waals surface area contributed by atoms with E-state index in [-0.39, 0.29) is 16.8 Å². The smallest absolute Gasteiger partial charge is 0.402 e. The van der Waals surface area contributed by atoms with Crippen molar-refractivity contribution in [3.63, 3.8) is 0 Å². The molecular weight excluding hydrogens is 493 g/mol. The van der Waals surface area contributed by atoms with Gasteiger partial charge in [0.25, 0.3) is 0 Å². The number of amides is 2. The molecule has 1 aromatic heterocycles. The number of anilines is 3. The lowest BCUT2D eigenvalue weighted by atomic mass is 10.0. The summed E-state index contributed by atoms with van der Waals surface area (Å²) in [7, 11) is 0. The molecule has 4 aromatic rings. The predicted octanol–water partition coefficient (Wildman–Crippen LogP) is 6.38. The summed E-state index contributed by atoms with van der Waals surface area (Å²) >= 11 is 3.33. The molecule has 11 heteroatoms. The third-order valence-electron chi connectivity index (χ3n) is 4.37. The summed E-state index contributed by atoms with van der Waals surface area (Å²) in [6, 6.07) is 15.9. The van der Waals surface area contributed by atoms with Crippen LogP contribution in [0.3, 0.4) is 0 Å². The van der Waals surface area contributed by atoms with Crippen LogP contribution in [0.15, 0.2) is 69.7 Å². The topological polar surface area (TPSA) is 102 Å². The molecule has 0 saturated carbocycles. The van der Waals surface area contributed by atoms with Crippen molar-refractivity contribution in [3.05, 3.63) is 65.1 Å². The first-order chi connectivity index (χ1) is 15.2. The minimum absolute atomic E-state index is 0.0711. The Bertz CT molecular complexity index is 1290. The van der Waals surface area contributed by atoms with Crippen LogP contribution in [0, 0.1) is 0 Å². The number of hydrogen-bond acceptors (Lipinski definition) is 5. The lowest BCUT2D eigenvalue weighted by Crippen LogP contribution is -2.19. The Morgan fingerprint density at radius 1 is 1.03 bits per heavy atom. The lowest BCUT2D eigenvalue weighted by Gasteiger charge is -2.11. The number of nitrogens with two attached hydrogens (primary N) is 1. The van der Waals surface area contributed by atoms with Crippen molar-refractivity contribution in [2.75, 3.05) is 16.4 Å². The van der Waals surface area contributed by atoms with Gasteiger partial charge in [-0.2, -0.15) is 0 Å². The number of carbonyl (C=O) groups excluding carboxylic acids is 1. The normalized spacial score (nSPS) is 11.4. The van der Waals surface area contributed by atoms with Crippen LogP contribution in [-0.2, 0) is 0 Å². The number of nitrogen functional groups attached to an aromatic ring is 1. The van der Waals surface area contributed by atoms with Gasteiger partial charge in [-0.3, -0.25) is 0 Å². The Labute approximate surface area is 187 Å². The van der Waals surface area contributed by atoms with Gasteiger partial charge in [0.1, 0.15) is 0 Å². The van der Waals surface area contributed by atoms with Gasteiger partial charge in [0.15, 0.2) is 11.6 Å². The van der Waals surface area contributed by atoms with E-state index in [9.17, 15) is 18.0 Å². The number of carbonyl (C=O) groups is 1. The third kappa shape index (κ3) is 4.78. The van der Waals surface area contributed by atoms with Crippen molar-refractivity contribution >= 4 is 50.1 Å². The van der Waals surface area contributed by atoms with Gasteiger partial charge >= 0.3 is 12.4 Å². The van der Waals surface area contributed by atoms with Crippen LogP contribution in [-0.4, -0.2) is 17.6 Å². The molecule has 4 N–H and O–H groups in total. The SMILES string of the molecule is Nc1noc2c(OC(F)(F)F)ccc(-c3ccc(NC(=O)Nc4cccc(Br)c4)cc3)c12. The molecule has 0 aliphatic heterocycles. The number of alkyl halides is 3. The first kappa shape index (κ1) is 21.5. The van der Waals surface area contributed by atoms with Gasteiger partial charge in [0.2, 0.25) is 5.58 Å². The monoisotopic (exact) mass is 506 g/mol. The number of halogens is 4. The Morgan fingerprint density at radius 2 is 1.75 bits per heavy atom. The van der Waals surface area contributed by atoms with Crippen molar-refractivity contribution in [1.29, 1.82) is 0 Å². The molecule has 3 aromatic carbocycles. The number of rotatable bonds is 4. The van der Waals surface area contributed by atoms with Crippen molar-refractivity contribution in [1.82, 2.24) is 5.16 Å². The summed E-state index contributed by atoms with van der Waals surface area (Å²) in [4.78, 5) is 12.2. The highest BCUT2D eigenvalue weighted by atomic mass is 79.9. The number of ether oxygens (including phenoxy) is 1. The minimum atomic E-state index is -4.89. The molecule has 32 heavy (non-hydrogen) atoms. The lowest BCUT2D eigenvalue weighted by molar-refractivity contribution is -0.274. The number of nitrogens with one attached hydrogen (secondary N) is 2. The molecular formula is C21H14BrF3N4O3. The van der Waals surface area contributed by atoms with Gasteiger partial charge in [-0.1, -0.05) is 39.3 Å². The molecule has 0 atom stereocenters. The largest absolute Gasteiger partial charge is 0.573 e. The van der Waals surface area contributed by atoms with Crippen molar-refractivity contribution in [2.24, 2.45) is 0 Å². The van der Waals surface area contributed by atoms with E-state index in [1.807, 2.05) is 6.07 Å². The first-order valence-corrected chi connectivity index (χ1v) is 9.86. The molecule has 1 heterocycles. The van der Waals surface area contributed by atoms with E-state index in [1.165, 1.54) is 6.07 Å². The van der Waals surface area contributed by atoms with Crippen LogP contribution in [0.25, 0.3) is 22.1 Å². The van der Waals surface area contributed by atoms with E-state index in [2.05, 4.69) is 36.5 Å². The van der Waals surface area contributed by atoms with Crippen LogP contribution >= 0.6 is 15.9 Å². The Hall–Kier alpha value is -3.73. The highest BCUT2D eigenvalue weighted by Crippen LogP contribution is 2.39. The second kappa shape index (κ2) is 8.42. The Balaban J connectivity index is 1.56. The molecule has 4 rings (SSSR count). The van der Waals surface area contributed by atoms with Crippen LogP contribution in [0.2, 0.25) is 0 Å². The molecule has 0 radical (unpaired) electrons. The van der Waals surface area contributed by atoms with Crippen molar-refractivity contribution < 1.29 is 27.2 Å². The third-order valence-corrected chi connectivity index (χ3v) is 4.87. The average Bonchev–Trinajstić information content (AvgIpc) is 3.10. The van der Waals surface area contributed by atoms with Gasteiger partial charge in [0, 0.05) is 15.8 Å². The van der Waals surface area contributed by atoms with Gasteiger partial charge in [-0.25, -0.2) is 4.79 Å². The fourth-order valence-electron chi connectivity index (χ4n) is 3.09. The summed E-state index contributed by atoms with van der Waals surface area (Å²) in [5.74, 6) is -0.610. The van der Waals surface area contributed by atoms with Gasteiger partial charge in [-0.15, -0.1) is 13.2 Å². The number of hydrogen-bond donors (Lipinski definition) is 3. The van der Waals surface area contributed by atoms with Crippen LogP contribution in [0.5, 0.6) is 5.75 Å². The van der Waals surface area contributed by atoms with Gasteiger partial charge in [-0.05, 0) is 53.6 Å². The van der Waals surface area contributed by atoms with E-state index in [4.69, 9.17) is 10.3 Å². The number of fused-ring (bicyclic) bond motifs is 1. The number of benzene rings is 3. The predicted molar refractivity (Wildman–Crippen MR) is 117 cm³/mol. The minimum Gasteiger partial charge on any atom is -0.402 e. The molecule has 7 nitrogen and oxygen atoms in total. The molecule has 2 amide bonds. The molecule has 0 aliphatic rings. The van der Waals surface area contributed by atoms with Crippen LogP contribution in [0.4, 0.5) is 35.2 Å². The Morgan fingerprint density at radius 3 is 2.44 bits per heavy atom. The number of aromatic nitrogens is 1. The van der Waals surface area contributed by atoms with E-state index >= 15 is 0 Å². The average molecular weight is 507 g/mol. The van der Waals surface area contributed by atoms with E-state index < -0.39 is 18.1 Å². The second-order valence-corrected chi connectivity index (χ2v) is 7.51. The summed E-state index contributed by atoms with van der Waals surface area (Å²) in [5.41, 5.74) is 7.84. The van der Waals surface area contributed by atoms with Crippen molar-refractivity contribution in [3.8, 4) is 16.9 Å². The summed E-state index contributed by atoms with van der Waals surface area (Å²) in [5, 5.41) is 9.17. The molecule has 0 spiro atoms. The van der Waals surface area contributed by atoms with E-state index in [0.717, 1.165) is 10.5 Å². The second-order valence-electron chi connectivity index (χ2n) is 6.60. The zero-order chi connectivity index (χ0) is 22.9. The maximum absolute atomic E-state index is 12.6. The zero-order valence-corrected chi connectivity index (χ0v) is 17.6. The fraction of sp³-hybridized carbons (Fsp3) is 0.0476. The maximum Gasteiger partial charge on any atom is 0.573 e. The molecule has 0 saturated heterocycles. The molecule has 0 aliphatic carbocycles. The van der Waals surface area contributed by atoms with Gasteiger partial charge < -0.3 is 25.6 Å². The maximum atomic E-state index is 12.6. The first-order valence-electron chi connectivity index (χ1n) is 9.07. The van der Waals surface area contributed by atoms with Crippen LogP contribution < -0.4 is 21.1 Å². The van der Waals surface area contributed by atoms with Crippen LogP contribution in [0.1, 0.15) is 0 Å². The van der Waals surface area contributed by atoms with Gasteiger partial charge in [0.05, 0.1) is 5.39 Å². The molecule has 164 valence electrons. The van der Waals surface area contributed by atoms with Crippen molar-refractivity contribution in [2.45, 2.75) is 6.36 Å². The Kier molecular flexibility index (Phi) is 5.66. The highest BCUT2D eigenvalue weighted by molar-refractivity contribution is 9.10. The quantitative estimate of drug-likeness (QED) is 0.298. The van der Waals surface area contributed by atoms with E-state index in [1.54, 1.807) is 42.5 Å². The summed E-state index contributed by atoms with van der Waals surface area (Å²) in [6.07, 6.45) is -4.89. The highest BCUT2D eigenvalue weighted by Gasteiger charge is 2.33. The molecule has 0 bridgehead atoms. The summed E-state index contributed by atoms with van der Waals surface area (Å²) in [6.45, 7) is 0. The zero-order valence-electron chi connectivity index (χ0n) is 16.0. The fourth-order valence-corrected chi connectivity index (χ4v) is 3.49. The molecule has 0 fully saturated rings. The van der Waals surface area contributed by atoms with E-state index in [0.29, 0.717) is 22.5 Å². The number of nitrogens with zero attached hydrogens (tertiary/aromatic N) is 1. The number of urea groups is 1. The standard InChI is InChI=1S/C21H14BrF3N4O3/c22-12-2-1-3-14(10-12)28-20(30)27-13-6-4-11(5-7-13)15-8-9-16(31-21(23,24)25)18-17(15)19(26)29-32-18/h1-10H,(H2,26,29)(H2,27,28,30). The summed E-state index contributed by atoms with van der Waals surface area (Å²) < 4.78 is 47.7. The molecule has 0 unspecified atom stereocenters.